The number of hydrogen-bond donors (Lipinski definition) is 0. The molecule has 3 rings (SSSR count). The molecule has 2 amide bonds. The van der Waals surface area contributed by atoms with Gasteiger partial charge in [-0.1, -0.05) is 12.1 Å². The number of benzene rings is 1. The van der Waals surface area contributed by atoms with Crippen molar-refractivity contribution in [1.82, 2.24) is 9.88 Å². The molecular weight excluding hydrogens is 376 g/mol. The lowest BCUT2D eigenvalue weighted by Crippen LogP contribution is -2.45. The van der Waals surface area contributed by atoms with Crippen molar-refractivity contribution in [2.45, 2.75) is 37.7 Å². The van der Waals surface area contributed by atoms with E-state index >= 15 is 0 Å². The van der Waals surface area contributed by atoms with Gasteiger partial charge >= 0.3 is 6.09 Å². The molecule has 1 aliphatic heterocycles. The minimum Gasteiger partial charge on any atom is -0.497 e. The summed E-state index contributed by atoms with van der Waals surface area (Å²) in [4.78, 5) is 32.1. The first-order valence-corrected chi connectivity index (χ1v) is 10.2. The molecule has 28 heavy (non-hydrogen) atoms. The molecule has 2 heterocycles. The van der Waals surface area contributed by atoms with E-state index in [1.54, 1.807) is 27.9 Å². The molecule has 2 aromatic rings. The molecule has 0 fully saturated rings. The van der Waals surface area contributed by atoms with Crippen LogP contribution >= 0.6 is 11.8 Å². The molecule has 0 atom stereocenters. The molecule has 148 valence electrons. The molecule has 0 bridgehead atoms. The van der Waals surface area contributed by atoms with Crippen LogP contribution < -0.4 is 4.74 Å². The summed E-state index contributed by atoms with van der Waals surface area (Å²) in [5.41, 5.74) is 2.22. The molecule has 0 aliphatic carbocycles. The van der Waals surface area contributed by atoms with E-state index in [0.29, 0.717) is 17.7 Å². The molecule has 0 saturated carbocycles. The fraction of sp³-hybridized carbons (Fsp3) is 0.381. The molecule has 0 saturated heterocycles. The number of nitrogens with zero attached hydrogens (tertiary/aromatic N) is 2. The zero-order valence-corrected chi connectivity index (χ0v) is 17.6. The summed E-state index contributed by atoms with van der Waals surface area (Å²) < 4.78 is 10.7. The Bertz CT molecular complexity index is 904. The van der Waals surface area contributed by atoms with Crippen LogP contribution in [-0.4, -0.2) is 47.4 Å². The summed E-state index contributed by atoms with van der Waals surface area (Å²) in [6, 6.07) is 9.54. The highest BCUT2D eigenvalue weighted by atomic mass is 32.2. The Morgan fingerprint density at radius 1 is 1.25 bits per heavy atom. The Kier molecular flexibility index (Phi) is 5.65. The molecule has 6 nitrogen and oxygen atoms in total. The lowest BCUT2D eigenvalue weighted by atomic mass is 10.0. The van der Waals surface area contributed by atoms with Gasteiger partial charge in [-0.2, -0.15) is 0 Å². The summed E-state index contributed by atoms with van der Waals surface area (Å²) in [6.45, 7) is 5.59. The van der Waals surface area contributed by atoms with Crippen molar-refractivity contribution in [1.29, 1.82) is 0 Å². The molecule has 1 aliphatic rings. The Balaban J connectivity index is 1.99. The highest BCUT2D eigenvalue weighted by molar-refractivity contribution is 7.98. The van der Waals surface area contributed by atoms with Gasteiger partial charge in [0, 0.05) is 23.4 Å². The minimum atomic E-state index is -0.658. The van der Waals surface area contributed by atoms with E-state index in [1.807, 2.05) is 36.6 Å². The van der Waals surface area contributed by atoms with Crippen LogP contribution in [0.2, 0.25) is 0 Å². The summed E-state index contributed by atoms with van der Waals surface area (Å²) in [5.74, 6) is 0.388. The standard InChI is InChI=1S/C21H24N2O4S/c1-21(2,3)27-20(25)23-10-9-15-18(19(23)24)17(28-5)12-16(22-15)13-7-6-8-14(11-13)26-4/h6-8,11-12H,9-10H2,1-5H3. The van der Waals surface area contributed by atoms with Gasteiger partial charge in [-0.25, -0.2) is 9.69 Å². The minimum absolute atomic E-state index is 0.253. The molecule has 7 heteroatoms. The molecule has 0 radical (unpaired) electrons. The average Bonchev–Trinajstić information content (AvgIpc) is 2.65. The number of thioether (sulfide) groups is 1. The fourth-order valence-corrected chi connectivity index (χ4v) is 3.66. The van der Waals surface area contributed by atoms with Crippen LogP contribution in [0.3, 0.4) is 0 Å². The largest absolute Gasteiger partial charge is 0.497 e. The third-order valence-corrected chi connectivity index (χ3v) is 5.05. The van der Waals surface area contributed by atoms with Gasteiger partial charge in [-0.3, -0.25) is 9.78 Å². The summed E-state index contributed by atoms with van der Waals surface area (Å²) >= 11 is 1.46. The van der Waals surface area contributed by atoms with E-state index in [0.717, 1.165) is 21.9 Å². The molecule has 1 aromatic carbocycles. The van der Waals surface area contributed by atoms with Gasteiger partial charge in [0.1, 0.15) is 11.4 Å². The predicted octanol–water partition coefficient (Wildman–Crippen LogP) is 4.41. The summed E-state index contributed by atoms with van der Waals surface area (Å²) in [7, 11) is 1.62. The smallest absolute Gasteiger partial charge is 0.417 e. The summed E-state index contributed by atoms with van der Waals surface area (Å²) in [6.07, 6.45) is 1.78. The van der Waals surface area contributed by atoms with E-state index in [2.05, 4.69) is 0 Å². The summed E-state index contributed by atoms with van der Waals surface area (Å²) in [5, 5.41) is 0. The van der Waals surface area contributed by atoms with Crippen LogP contribution in [-0.2, 0) is 11.2 Å². The number of carbonyl (C=O) groups is 2. The van der Waals surface area contributed by atoms with Gasteiger partial charge in [0.15, 0.2) is 0 Å². The number of methoxy groups -OCH3 is 1. The van der Waals surface area contributed by atoms with Gasteiger partial charge in [-0.15, -0.1) is 11.8 Å². The Labute approximate surface area is 169 Å². The fourth-order valence-electron chi connectivity index (χ4n) is 3.02. The van der Waals surface area contributed by atoms with Gasteiger partial charge in [0.05, 0.1) is 24.1 Å². The van der Waals surface area contributed by atoms with Crippen molar-refractivity contribution in [2.24, 2.45) is 0 Å². The van der Waals surface area contributed by atoms with E-state index < -0.39 is 11.7 Å². The third-order valence-electron chi connectivity index (χ3n) is 4.29. The number of ether oxygens (including phenoxy) is 2. The topological polar surface area (TPSA) is 68.7 Å². The second-order valence-corrected chi connectivity index (χ2v) is 8.30. The van der Waals surface area contributed by atoms with Gasteiger partial charge in [-0.05, 0) is 45.2 Å². The number of rotatable bonds is 3. The van der Waals surface area contributed by atoms with Crippen molar-refractivity contribution >= 4 is 23.8 Å². The highest BCUT2D eigenvalue weighted by Crippen LogP contribution is 2.33. The van der Waals surface area contributed by atoms with Gasteiger partial charge in [0.2, 0.25) is 0 Å². The highest BCUT2D eigenvalue weighted by Gasteiger charge is 2.35. The zero-order chi connectivity index (χ0) is 20.5. The molecule has 0 spiro atoms. The van der Waals surface area contributed by atoms with E-state index in [1.165, 1.54) is 16.7 Å². The maximum Gasteiger partial charge on any atom is 0.417 e. The van der Waals surface area contributed by atoms with Crippen LogP contribution in [0.15, 0.2) is 35.2 Å². The SMILES string of the molecule is COc1cccc(-c2cc(SC)c3c(n2)CCN(C(=O)OC(C)(C)C)C3=O)c1. The van der Waals surface area contributed by atoms with Gasteiger partial charge in [0.25, 0.3) is 5.91 Å². The first-order valence-electron chi connectivity index (χ1n) is 9.00. The van der Waals surface area contributed by atoms with Crippen LogP contribution in [0.5, 0.6) is 5.75 Å². The van der Waals surface area contributed by atoms with Crippen molar-refractivity contribution in [2.75, 3.05) is 19.9 Å². The van der Waals surface area contributed by atoms with Crippen molar-refractivity contribution < 1.29 is 19.1 Å². The lowest BCUT2D eigenvalue weighted by Gasteiger charge is -2.30. The number of aromatic nitrogens is 1. The second-order valence-electron chi connectivity index (χ2n) is 7.45. The third kappa shape index (κ3) is 4.14. The normalized spacial score (nSPS) is 13.9. The molecule has 0 unspecified atom stereocenters. The van der Waals surface area contributed by atoms with Crippen LogP contribution in [0.1, 0.15) is 36.8 Å². The Morgan fingerprint density at radius 3 is 2.64 bits per heavy atom. The quantitative estimate of drug-likeness (QED) is 0.711. The van der Waals surface area contributed by atoms with Crippen molar-refractivity contribution in [3.05, 3.63) is 41.6 Å². The van der Waals surface area contributed by atoms with E-state index in [9.17, 15) is 9.59 Å². The monoisotopic (exact) mass is 400 g/mol. The van der Waals surface area contributed by atoms with E-state index in [-0.39, 0.29) is 12.5 Å². The first kappa shape index (κ1) is 20.2. The number of pyridine rings is 1. The second kappa shape index (κ2) is 7.83. The molecular formula is C21H24N2O4S. The maximum atomic E-state index is 13.0. The van der Waals surface area contributed by atoms with Crippen LogP contribution in [0, 0.1) is 0 Å². The van der Waals surface area contributed by atoms with Crippen molar-refractivity contribution in [3.8, 4) is 17.0 Å². The Morgan fingerprint density at radius 2 is 2.00 bits per heavy atom. The number of carbonyl (C=O) groups excluding carboxylic acids is 2. The average molecular weight is 401 g/mol. The number of hydrogen-bond acceptors (Lipinski definition) is 6. The van der Waals surface area contributed by atoms with Crippen molar-refractivity contribution in [3.63, 3.8) is 0 Å². The van der Waals surface area contributed by atoms with Gasteiger partial charge < -0.3 is 9.47 Å². The number of fused-ring (bicyclic) bond motifs is 1. The maximum absolute atomic E-state index is 13.0. The molecule has 1 aromatic heterocycles. The molecule has 0 N–H and O–H groups in total. The Hall–Kier alpha value is -2.54. The lowest BCUT2D eigenvalue weighted by molar-refractivity contribution is 0.0231. The van der Waals surface area contributed by atoms with Crippen LogP contribution in [0.4, 0.5) is 4.79 Å². The van der Waals surface area contributed by atoms with E-state index in [4.69, 9.17) is 14.5 Å². The number of amides is 2. The van der Waals surface area contributed by atoms with Crippen LogP contribution in [0.25, 0.3) is 11.3 Å². The zero-order valence-electron chi connectivity index (χ0n) is 16.7. The number of imide groups is 1. The first-order chi connectivity index (χ1) is 13.2. The predicted molar refractivity (Wildman–Crippen MR) is 109 cm³/mol.